The van der Waals surface area contributed by atoms with E-state index in [1.165, 1.54) is 24.5 Å². The summed E-state index contributed by atoms with van der Waals surface area (Å²) in [4.78, 5) is 39.5. The van der Waals surface area contributed by atoms with Gasteiger partial charge >= 0.3 is 109 Å². The van der Waals surface area contributed by atoms with Crippen LogP contribution in [-0.2, 0) is 30.1 Å². The summed E-state index contributed by atoms with van der Waals surface area (Å²) in [5.41, 5.74) is -0.0974. The first kappa shape index (κ1) is 21.2. The molecule has 0 aliphatic carbocycles. The smallest absolute Gasteiger partial charge is 0.805 e. The van der Waals surface area contributed by atoms with Gasteiger partial charge in [0.15, 0.2) is 0 Å². The number of rotatable bonds is 1. The first-order chi connectivity index (χ1) is 8.52. The monoisotopic (exact) mass is 357 g/mol. The summed E-state index contributed by atoms with van der Waals surface area (Å²) in [5.74, 6) is -1.61. The van der Waals surface area contributed by atoms with Crippen LogP contribution in [0.25, 0.3) is 0 Å². The molecular formula is C10H5K2N3O3S2. The molecule has 0 atom stereocenters. The van der Waals surface area contributed by atoms with Gasteiger partial charge in [0.1, 0.15) is 0 Å². The van der Waals surface area contributed by atoms with Gasteiger partial charge in [-0.2, -0.15) is 4.90 Å². The number of nitrogens with one attached hydrogen (secondary N) is 1. The molecule has 10 heteroatoms. The van der Waals surface area contributed by atoms with Crippen LogP contribution in [0.2, 0.25) is 0 Å². The van der Waals surface area contributed by atoms with E-state index in [-0.39, 0.29) is 118 Å². The Hall–Kier alpha value is 1.21. The van der Waals surface area contributed by atoms with Gasteiger partial charge in [-0.25, -0.2) is 4.79 Å². The fourth-order valence-electron chi connectivity index (χ4n) is 1.36. The number of aromatic nitrogens is 1. The molecule has 1 saturated heterocycles. The molecule has 0 saturated carbocycles. The Morgan fingerprint density at radius 3 is 2.35 bits per heavy atom. The van der Waals surface area contributed by atoms with Crippen LogP contribution < -0.4 is 108 Å². The van der Waals surface area contributed by atoms with Gasteiger partial charge in [0.25, 0.3) is 11.8 Å². The zero-order chi connectivity index (χ0) is 13.3. The minimum absolute atomic E-state index is 0. The maximum Gasteiger partial charge on any atom is 1.00 e. The van der Waals surface area contributed by atoms with Gasteiger partial charge < -0.3 is 34.8 Å². The molecule has 0 aromatic carbocycles. The third-order valence-corrected chi connectivity index (χ3v) is 2.58. The van der Waals surface area contributed by atoms with Gasteiger partial charge in [-0.1, -0.05) is 0 Å². The van der Waals surface area contributed by atoms with Crippen LogP contribution >= 0.6 is 0 Å². The first-order valence-electron chi connectivity index (χ1n) is 4.70. The van der Waals surface area contributed by atoms with Crippen molar-refractivity contribution in [1.82, 2.24) is 15.2 Å². The predicted octanol–water partition coefficient (Wildman–Crippen LogP) is -5.96. The molecule has 1 aromatic rings. The van der Waals surface area contributed by atoms with E-state index in [1.54, 1.807) is 0 Å². The largest absolute Gasteiger partial charge is 1.00 e. The fourth-order valence-corrected chi connectivity index (χ4v) is 1.64. The second-order valence-electron chi connectivity index (χ2n) is 3.28. The molecule has 0 spiro atoms. The number of carbonyl (C=O) groups excluding carboxylic acids is 3. The molecule has 0 radical (unpaired) electrons. The average Bonchev–Trinajstić information content (AvgIpc) is 2.65. The molecule has 92 valence electrons. The van der Waals surface area contributed by atoms with E-state index in [1.807, 2.05) is 0 Å². The fraction of sp³-hybridized carbons (Fsp3) is 0. The van der Waals surface area contributed by atoms with Crippen LogP contribution in [0.5, 0.6) is 0 Å². The van der Waals surface area contributed by atoms with Crippen LogP contribution in [0.15, 0.2) is 34.5 Å². The number of urea groups is 1. The Morgan fingerprint density at radius 1 is 1.25 bits per heavy atom. The van der Waals surface area contributed by atoms with Crippen LogP contribution in [-0.4, -0.2) is 27.7 Å². The van der Waals surface area contributed by atoms with Crippen molar-refractivity contribution < 1.29 is 117 Å². The quantitative estimate of drug-likeness (QED) is 0.177. The van der Waals surface area contributed by atoms with Crippen molar-refractivity contribution in [2.45, 2.75) is 0 Å². The summed E-state index contributed by atoms with van der Waals surface area (Å²) in [6, 6.07) is 2.10. The molecule has 1 N–H and O–H groups in total. The van der Waals surface area contributed by atoms with E-state index in [4.69, 9.17) is 0 Å². The molecule has 0 bridgehead atoms. The van der Waals surface area contributed by atoms with E-state index in [0.29, 0.717) is 4.90 Å². The topological polar surface area (TPSA) is 79.4 Å². The Bertz CT molecular complexity index is 576. The summed E-state index contributed by atoms with van der Waals surface area (Å²) >= 11 is 9.27. The number of nitrogens with zero attached hydrogens (tertiary/aromatic N) is 2. The van der Waals surface area contributed by atoms with Crippen molar-refractivity contribution >= 4 is 43.1 Å². The summed E-state index contributed by atoms with van der Waals surface area (Å²) < 4.78 is -0.185. The van der Waals surface area contributed by atoms with Crippen LogP contribution in [0.4, 0.5) is 4.79 Å². The predicted molar refractivity (Wildman–Crippen MR) is 65.7 cm³/mol. The van der Waals surface area contributed by atoms with Gasteiger partial charge in [0.05, 0.1) is 11.3 Å². The number of imide groups is 3. The third kappa shape index (κ3) is 4.60. The minimum Gasteiger partial charge on any atom is -0.805 e. The van der Waals surface area contributed by atoms with Crippen molar-refractivity contribution in [3.05, 3.63) is 40.0 Å². The molecule has 1 fully saturated rings. The zero-order valence-electron chi connectivity index (χ0n) is 10.7. The van der Waals surface area contributed by atoms with E-state index >= 15 is 0 Å². The maximum atomic E-state index is 11.9. The van der Waals surface area contributed by atoms with Gasteiger partial charge in [-0.05, 0) is 12.1 Å². The number of hydrogen-bond donors (Lipinski definition) is 1. The molecule has 1 aromatic heterocycles. The summed E-state index contributed by atoms with van der Waals surface area (Å²) in [5, 5.41) is 2.17. The number of hydrogen-bond acceptors (Lipinski definition) is 6. The van der Waals surface area contributed by atoms with Gasteiger partial charge in [0.2, 0.25) is 0 Å². The van der Waals surface area contributed by atoms with Crippen LogP contribution in [0.3, 0.4) is 0 Å². The second-order valence-corrected chi connectivity index (χ2v) is 4.35. The van der Waals surface area contributed by atoms with Gasteiger partial charge in [-0.3, -0.25) is 14.6 Å². The summed E-state index contributed by atoms with van der Waals surface area (Å²) in [7, 11) is 0. The molecule has 20 heavy (non-hydrogen) atoms. The van der Waals surface area contributed by atoms with E-state index in [9.17, 15) is 14.4 Å². The van der Waals surface area contributed by atoms with Crippen molar-refractivity contribution in [2.75, 3.05) is 0 Å². The van der Waals surface area contributed by atoms with Crippen molar-refractivity contribution in [1.29, 1.82) is 0 Å². The van der Waals surface area contributed by atoms with Crippen LogP contribution in [0, 0.1) is 0 Å². The zero-order valence-corrected chi connectivity index (χ0v) is 18.6. The van der Waals surface area contributed by atoms with E-state index in [0.717, 1.165) is 0 Å². The Labute approximate surface area is 211 Å². The van der Waals surface area contributed by atoms with Crippen LogP contribution in [0.1, 0.15) is 10.4 Å². The third-order valence-electron chi connectivity index (χ3n) is 2.17. The molecular weight excluding hydrogens is 352 g/mol. The van der Waals surface area contributed by atoms with E-state index < -0.39 is 17.8 Å². The molecule has 0 unspecified atom stereocenters. The minimum atomic E-state index is -0.865. The first-order valence-corrected chi connectivity index (χ1v) is 5.52. The molecule has 1 aliphatic rings. The number of carbonyl (C=O) groups is 3. The molecule has 4 amide bonds. The molecule has 6 nitrogen and oxygen atoms in total. The standard InChI is InChI=1S/C10H7N3O3S2.2K/c14-7(5-2-1-3-11-4-5)13-8(15)6(9(17)18)12-10(13)16;;/h1-4,17-18H,(H,12,16);;/q;2*+1/p-2. The summed E-state index contributed by atoms with van der Waals surface area (Å²) in [6.07, 6.45) is 2.73. The number of amides is 4. The summed E-state index contributed by atoms with van der Waals surface area (Å²) in [6.45, 7) is 0. The SMILES string of the molecule is O=C1NC(=C([S-])[S-])C(=O)N1C(=O)c1cccnc1.[K+].[K+]. The Kier molecular flexibility index (Phi) is 9.94. The molecule has 2 heterocycles. The van der Waals surface area contributed by atoms with Gasteiger partial charge in [0, 0.05) is 12.4 Å². The van der Waals surface area contributed by atoms with Crippen molar-refractivity contribution in [3.8, 4) is 0 Å². The van der Waals surface area contributed by atoms with Crippen molar-refractivity contribution in [3.63, 3.8) is 0 Å². The maximum absolute atomic E-state index is 11.9. The Balaban J connectivity index is 0.00000180. The average molecular weight is 357 g/mol. The Morgan fingerprint density at radius 2 is 1.90 bits per heavy atom. The van der Waals surface area contributed by atoms with E-state index in [2.05, 4.69) is 35.6 Å². The van der Waals surface area contributed by atoms with Gasteiger partial charge in [-0.15, -0.1) is 0 Å². The normalized spacial score (nSPS) is 13.2. The second kappa shape index (κ2) is 9.37. The molecule has 1 aliphatic heterocycles. The number of pyridine rings is 1. The molecule has 2 rings (SSSR count). The van der Waals surface area contributed by atoms with Crippen molar-refractivity contribution in [2.24, 2.45) is 0 Å².